The Morgan fingerprint density at radius 2 is 1.54 bits per heavy atom. The lowest BCUT2D eigenvalue weighted by Crippen LogP contribution is -2.15. The lowest BCUT2D eigenvalue weighted by atomic mass is 10.1. The Hall–Kier alpha value is -3.13. The fourth-order valence-electron chi connectivity index (χ4n) is 2.67. The van der Waals surface area contributed by atoms with E-state index in [9.17, 15) is 9.59 Å². The summed E-state index contributed by atoms with van der Waals surface area (Å²) in [5, 5.41) is 0. The van der Waals surface area contributed by atoms with Crippen LogP contribution in [-0.4, -0.2) is 18.0 Å². The van der Waals surface area contributed by atoms with Crippen LogP contribution in [0.15, 0.2) is 48.5 Å². The number of nitrogens with zero attached hydrogens (tertiary/aromatic N) is 1. The molecule has 146 valence electrons. The second kappa shape index (κ2) is 10.9. The molecule has 0 amide bonds. The molecule has 0 aromatic heterocycles. The summed E-state index contributed by atoms with van der Waals surface area (Å²) in [5.41, 5.74) is 1.23. The fraction of sp³-hybridized carbons (Fsp3) is 0.348. The Morgan fingerprint density at radius 1 is 0.929 bits per heavy atom. The van der Waals surface area contributed by atoms with Crippen LogP contribution in [0.2, 0.25) is 0 Å². The first kappa shape index (κ1) is 21.2. The molecular weight excluding hydrogens is 354 g/mol. The van der Waals surface area contributed by atoms with Crippen LogP contribution >= 0.6 is 0 Å². The van der Waals surface area contributed by atoms with Crippen molar-refractivity contribution in [3.63, 3.8) is 0 Å². The molecule has 0 aliphatic carbocycles. The van der Waals surface area contributed by atoms with E-state index in [0.29, 0.717) is 22.6 Å². The maximum absolute atomic E-state index is 12.2. The molecule has 0 heterocycles. The van der Waals surface area contributed by atoms with Gasteiger partial charge in [0.05, 0.1) is 23.8 Å². The number of hydrogen-bond donors (Lipinski definition) is 0. The highest BCUT2D eigenvalue weighted by Gasteiger charge is 2.13. The average molecular weight is 379 g/mol. The van der Waals surface area contributed by atoms with Crippen molar-refractivity contribution in [2.24, 2.45) is 0 Å². The van der Waals surface area contributed by atoms with Crippen LogP contribution in [0.25, 0.3) is 4.85 Å². The normalized spacial score (nSPS) is 11.3. The molecule has 1 atom stereocenters. The van der Waals surface area contributed by atoms with Gasteiger partial charge in [-0.25, -0.2) is 14.4 Å². The number of esters is 2. The topological polar surface area (TPSA) is 57.0 Å². The number of carbonyl (C=O) groups excluding carboxylic acids is 2. The van der Waals surface area contributed by atoms with Crippen LogP contribution in [0.5, 0.6) is 5.75 Å². The maximum atomic E-state index is 12.2. The second-order valence-corrected chi connectivity index (χ2v) is 6.64. The largest absolute Gasteiger partial charge is 0.459 e. The highest BCUT2D eigenvalue weighted by atomic mass is 16.5. The molecule has 0 unspecified atom stereocenters. The quantitative estimate of drug-likeness (QED) is 0.233. The van der Waals surface area contributed by atoms with Crippen LogP contribution in [-0.2, 0) is 4.74 Å². The van der Waals surface area contributed by atoms with E-state index in [1.165, 1.54) is 12.8 Å². The smallest absolute Gasteiger partial charge is 0.343 e. The zero-order chi connectivity index (χ0) is 20.4. The van der Waals surface area contributed by atoms with Gasteiger partial charge >= 0.3 is 11.9 Å². The van der Waals surface area contributed by atoms with Crippen molar-refractivity contribution < 1.29 is 19.1 Å². The molecule has 0 saturated heterocycles. The minimum atomic E-state index is -0.521. The first-order valence-electron chi connectivity index (χ1n) is 9.54. The van der Waals surface area contributed by atoms with Crippen molar-refractivity contribution in [2.75, 3.05) is 0 Å². The highest BCUT2D eigenvalue weighted by molar-refractivity contribution is 5.92. The van der Waals surface area contributed by atoms with E-state index >= 15 is 0 Å². The SMILES string of the molecule is [C-]#[N+]c1ccc(C(=O)Oc2ccc(C(=O)O[C@H](C)CCCCCC)cc2)cc1. The number of benzene rings is 2. The number of carbonyl (C=O) groups is 2. The fourth-order valence-corrected chi connectivity index (χ4v) is 2.67. The molecule has 2 rings (SSSR count). The minimum Gasteiger partial charge on any atom is -0.459 e. The van der Waals surface area contributed by atoms with Crippen LogP contribution in [0.3, 0.4) is 0 Å². The van der Waals surface area contributed by atoms with Crippen molar-refractivity contribution in [3.05, 3.63) is 71.1 Å². The van der Waals surface area contributed by atoms with Crippen molar-refractivity contribution in [3.8, 4) is 5.75 Å². The average Bonchev–Trinajstić information content (AvgIpc) is 2.71. The van der Waals surface area contributed by atoms with Gasteiger partial charge in [-0.15, -0.1) is 0 Å². The molecule has 0 spiro atoms. The van der Waals surface area contributed by atoms with Gasteiger partial charge in [-0.1, -0.05) is 50.5 Å². The van der Waals surface area contributed by atoms with Gasteiger partial charge in [0, 0.05) is 0 Å². The molecule has 0 saturated carbocycles. The number of hydrogen-bond acceptors (Lipinski definition) is 4. The van der Waals surface area contributed by atoms with E-state index in [1.54, 1.807) is 48.5 Å². The third kappa shape index (κ3) is 6.55. The van der Waals surface area contributed by atoms with Gasteiger partial charge in [0.2, 0.25) is 0 Å². The lowest BCUT2D eigenvalue weighted by Gasteiger charge is -2.13. The van der Waals surface area contributed by atoms with Gasteiger partial charge < -0.3 is 9.47 Å². The predicted octanol–water partition coefficient (Wildman–Crippen LogP) is 5.97. The molecule has 0 N–H and O–H groups in total. The van der Waals surface area contributed by atoms with Crippen molar-refractivity contribution in [1.82, 2.24) is 0 Å². The molecule has 0 fully saturated rings. The van der Waals surface area contributed by atoms with E-state index in [0.717, 1.165) is 19.3 Å². The third-order valence-corrected chi connectivity index (χ3v) is 4.31. The predicted molar refractivity (Wildman–Crippen MR) is 108 cm³/mol. The highest BCUT2D eigenvalue weighted by Crippen LogP contribution is 2.18. The zero-order valence-electron chi connectivity index (χ0n) is 16.3. The second-order valence-electron chi connectivity index (χ2n) is 6.64. The van der Waals surface area contributed by atoms with Gasteiger partial charge in [0.15, 0.2) is 5.69 Å². The molecule has 28 heavy (non-hydrogen) atoms. The first-order chi connectivity index (χ1) is 13.5. The number of ether oxygens (including phenoxy) is 2. The molecule has 0 aliphatic heterocycles. The third-order valence-electron chi connectivity index (χ3n) is 4.31. The summed E-state index contributed by atoms with van der Waals surface area (Å²) in [4.78, 5) is 27.6. The van der Waals surface area contributed by atoms with Crippen LogP contribution < -0.4 is 4.74 Å². The number of unbranched alkanes of at least 4 members (excludes halogenated alkanes) is 3. The number of rotatable bonds is 9. The molecule has 2 aromatic rings. The van der Waals surface area contributed by atoms with E-state index < -0.39 is 5.97 Å². The molecule has 2 aromatic carbocycles. The molecule has 5 nitrogen and oxygen atoms in total. The van der Waals surface area contributed by atoms with E-state index in [4.69, 9.17) is 16.0 Å². The molecule has 0 radical (unpaired) electrons. The van der Waals surface area contributed by atoms with Gasteiger partial charge in [0.1, 0.15) is 5.75 Å². The van der Waals surface area contributed by atoms with E-state index in [2.05, 4.69) is 11.8 Å². The van der Waals surface area contributed by atoms with E-state index in [1.807, 2.05) is 6.92 Å². The first-order valence-corrected chi connectivity index (χ1v) is 9.54. The summed E-state index contributed by atoms with van der Waals surface area (Å²) in [6.07, 6.45) is 5.31. The van der Waals surface area contributed by atoms with Gasteiger partial charge in [-0.3, -0.25) is 0 Å². The summed E-state index contributed by atoms with van der Waals surface area (Å²) in [7, 11) is 0. The minimum absolute atomic E-state index is 0.125. The van der Waals surface area contributed by atoms with Crippen molar-refractivity contribution >= 4 is 17.6 Å². The van der Waals surface area contributed by atoms with Gasteiger partial charge in [0.25, 0.3) is 0 Å². The Bertz CT molecular complexity index is 819. The summed E-state index contributed by atoms with van der Waals surface area (Å²) in [6.45, 7) is 11.0. The van der Waals surface area contributed by atoms with Crippen molar-refractivity contribution in [1.29, 1.82) is 0 Å². The summed E-state index contributed by atoms with van der Waals surface area (Å²) < 4.78 is 10.8. The maximum Gasteiger partial charge on any atom is 0.343 e. The van der Waals surface area contributed by atoms with Crippen molar-refractivity contribution in [2.45, 2.75) is 52.1 Å². The summed E-state index contributed by atoms with van der Waals surface area (Å²) in [5.74, 6) is -0.563. The molecular formula is C23H25NO4. The Balaban J connectivity index is 1.87. The summed E-state index contributed by atoms with van der Waals surface area (Å²) in [6, 6.07) is 12.5. The zero-order valence-corrected chi connectivity index (χ0v) is 16.3. The van der Waals surface area contributed by atoms with E-state index in [-0.39, 0.29) is 12.1 Å². The monoisotopic (exact) mass is 379 g/mol. The lowest BCUT2D eigenvalue weighted by molar-refractivity contribution is 0.0319. The Kier molecular flexibility index (Phi) is 8.23. The summed E-state index contributed by atoms with van der Waals surface area (Å²) >= 11 is 0. The molecule has 0 aliphatic rings. The van der Waals surface area contributed by atoms with Crippen LogP contribution in [0, 0.1) is 6.57 Å². The van der Waals surface area contributed by atoms with Crippen LogP contribution in [0.1, 0.15) is 66.7 Å². The standard InChI is InChI=1S/C23H25NO4/c1-4-5-6-7-8-17(2)27-22(25)19-11-15-21(16-12-19)28-23(26)18-9-13-20(24-3)14-10-18/h9-17H,4-8H2,1-2H3/t17-/m1/s1. The van der Waals surface area contributed by atoms with Crippen LogP contribution in [0.4, 0.5) is 5.69 Å². The molecule has 5 heteroatoms. The Labute approximate surface area is 166 Å². The van der Waals surface area contributed by atoms with Gasteiger partial charge in [-0.05, 0) is 44.0 Å². The molecule has 0 bridgehead atoms. The van der Waals surface area contributed by atoms with Gasteiger partial charge in [-0.2, -0.15) is 0 Å². The Morgan fingerprint density at radius 3 is 2.14 bits per heavy atom.